The number of anilines is 2. The SMILES string of the molecule is N=c1c(NCCO)c(N)c(=O)n(O)n1O. The fourth-order valence-corrected chi connectivity index (χ4v) is 0.983. The van der Waals surface area contributed by atoms with Crippen molar-refractivity contribution in [2.24, 2.45) is 0 Å². The molecule has 0 aliphatic carbocycles. The van der Waals surface area contributed by atoms with Crippen LogP contribution >= 0.6 is 0 Å². The molecule has 15 heavy (non-hydrogen) atoms. The van der Waals surface area contributed by atoms with Crippen LogP contribution in [0.2, 0.25) is 0 Å². The van der Waals surface area contributed by atoms with E-state index in [1.807, 2.05) is 0 Å². The summed E-state index contributed by atoms with van der Waals surface area (Å²) in [5.41, 5.74) is 3.09. The van der Waals surface area contributed by atoms with Gasteiger partial charge in [0.05, 0.1) is 6.61 Å². The second kappa shape index (κ2) is 3.92. The Kier molecular flexibility index (Phi) is 2.85. The summed E-state index contributed by atoms with van der Waals surface area (Å²) in [7, 11) is 0. The number of aliphatic hydroxyl groups is 1. The smallest absolute Gasteiger partial charge is 0.329 e. The van der Waals surface area contributed by atoms with Gasteiger partial charge in [-0.1, -0.05) is 4.85 Å². The van der Waals surface area contributed by atoms with E-state index in [4.69, 9.17) is 26.7 Å². The minimum absolute atomic E-state index is 0.0605. The van der Waals surface area contributed by atoms with Crippen molar-refractivity contribution in [1.82, 2.24) is 9.69 Å². The van der Waals surface area contributed by atoms with Crippen molar-refractivity contribution in [2.45, 2.75) is 0 Å². The normalized spacial score (nSPS) is 10.2. The standard InChI is InChI=1S/C6H11N5O4/c7-3-4(9-1-2-12)5(8)10(14)11(15)6(3)13/h8-9,12,14-15H,1-2,7H2. The first-order valence-electron chi connectivity index (χ1n) is 3.96. The Balaban J connectivity index is 3.40. The zero-order valence-electron chi connectivity index (χ0n) is 7.64. The van der Waals surface area contributed by atoms with E-state index >= 15 is 0 Å². The maximum absolute atomic E-state index is 11.1. The van der Waals surface area contributed by atoms with Crippen LogP contribution in [0.4, 0.5) is 11.4 Å². The molecule has 0 bridgehead atoms. The molecule has 0 atom stereocenters. The quantitative estimate of drug-likeness (QED) is 0.310. The second-order valence-corrected chi connectivity index (χ2v) is 2.67. The molecule has 0 saturated carbocycles. The number of nitrogen functional groups attached to an aromatic ring is 1. The molecule has 9 heteroatoms. The van der Waals surface area contributed by atoms with Gasteiger partial charge in [0.1, 0.15) is 11.4 Å². The van der Waals surface area contributed by atoms with E-state index in [0.717, 1.165) is 0 Å². The molecule has 1 heterocycles. The predicted octanol–water partition coefficient (Wildman–Crippen LogP) is -2.41. The number of hydrogen-bond acceptors (Lipinski definition) is 7. The lowest BCUT2D eigenvalue weighted by Gasteiger charge is -2.10. The molecule has 0 aromatic carbocycles. The molecule has 0 amide bonds. The molecule has 0 fully saturated rings. The summed E-state index contributed by atoms with van der Waals surface area (Å²) in [6.45, 7) is -0.169. The van der Waals surface area contributed by atoms with E-state index in [1.54, 1.807) is 0 Å². The molecule has 0 unspecified atom stereocenters. The minimum atomic E-state index is -1.06. The van der Waals surface area contributed by atoms with Crippen molar-refractivity contribution in [3.8, 4) is 0 Å². The molecule has 9 nitrogen and oxygen atoms in total. The highest BCUT2D eigenvalue weighted by Crippen LogP contribution is 2.04. The summed E-state index contributed by atoms with van der Waals surface area (Å²) in [5, 5.41) is 36.4. The van der Waals surface area contributed by atoms with Crippen LogP contribution in [0.3, 0.4) is 0 Å². The molecular weight excluding hydrogens is 206 g/mol. The van der Waals surface area contributed by atoms with Gasteiger partial charge in [0, 0.05) is 6.54 Å². The molecule has 1 aromatic rings. The van der Waals surface area contributed by atoms with Crippen LogP contribution in [-0.2, 0) is 0 Å². The second-order valence-electron chi connectivity index (χ2n) is 2.67. The number of aliphatic hydroxyl groups excluding tert-OH is 1. The average Bonchev–Trinajstić information content (AvgIpc) is 2.24. The molecule has 84 valence electrons. The van der Waals surface area contributed by atoms with Gasteiger partial charge in [-0.2, -0.15) is 0 Å². The third-order valence-corrected chi connectivity index (χ3v) is 1.71. The van der Waals surface area contributed by atoms with Crippen molar-refractivity contribution in [1.29, 1.82) is 5.41 Å². The monoisotopic (exact) mass is 217 g/mol. The van der Waals surface area contributed by atoms with Crippen LogP contribution in [0.1, 0.15) is 0 Å². The van der Waals surface area contributed by atoms with Crippen molar-refractivity contribution in [2.75, 3.05) is 24.2 Å². The van der Waals surface area contributed by atoms with E-state index in [-0.39, 0.29) is 28.5 Å². The van der Waals surface area contributed by atoms with Crippen LogP contribution in [0.15, 0.2) is 4.79 Å². The van der Waals surface area contributed by atoms with E-state index in [9.17, 15) is 4.79 Å². The molecule has 0 aliphatic rings. The Labute approximate surface area is 83.0 Å². The minimum Gasteiger partial charge on any atom is -0.409 e. The van der Waals surface area contributed by atoms with Gasteiger partial charge in [-0.05, 0) is 4.85 Å². The van der Waals surface area contributed by atoms with Crippen molar-refractivity contribution < 1.29 is 15.5 Å². The molecule has 1 rings (SSSR count). The first-order chi connectivity index (χ1) is 7.00. The van der Waals surface area contributed by atoms with Gasteiger partial charge >= 0.3 is 5.56 Å². The molecule has 7 N–H and O–H groups in total. The van der Waals surface area contributed by atoms with E-state index < -0.39 is 16.7 Å². The van der Waals surface area contributed by atoms with E-state index in [2.05, 4.69) is 5.32 Å². The lowest BCUT2D eigenvalue weighted by atomic mass is 10.4. The maximum atomic E-state index is 11.1. The Morgan fingerprint density at radius 2 is 2.00 bits per heavy atom. The van der Waals surface area contributed by atoms with Crippen molar-refractivity contribution in [3.05, 3.63) is 15.8 Å². The fraction of sp³-hybridized carbons (Fsp3) is 0.333. The third kappa shape index (κ3) is 1.72. The van der Waals surface area contributed by atoms with Crippen LogP contribution in [0.5, 0.6) is 0 Å². The first kappa shape index (κ1) is 10.9. The summed E-state index contributed by atoms with van der Waals surface area (Å²) < 4.78 is 0. The number of nitrogens with one attached hydrogen (secondary N) is 2. The molecule has 0 spiro atoms. The van der Waals surface area contributed by atoms with Crippen LogP contribution in [-0.4, -0.2) is 38.4 Å². The van der Waals surface area contributed by atoms with Crippen molar-refractivity contribution in [3.63, 3.8) is 0 Å². The summed E-state index contributed by atoms with van der Waals surface area (Å²) in [4.78, 5) is 10.9. The first-order valence-corrected chi connectivity index (χ1v) is 3.96. The van der Waals surface area contributed by atoms with E-state index in [1.165, 1.54) is 0 Å². The highest BCUT2D eigenvalue weighted by molar-refractivity contribution is 5.62. The molecular formula is C6H11N5O4. The van der Waals surface area contributed by atoms with Crippen LogP contribution in [0, 0.1) is 5.41 Å². The van der Waals surface area contributed by atoms with Gasteiger partial charge in [0.2, 0.25) is 5.49 Å². The highest BCUT2D eigenvalue weighted by atomic mass is 16.6. The lowest BCUT2D eigenvalue weighted by molar-refractivity contribution is -0.0299. The van der Waals surface area contributed by atoms with Crippen LogP contribution < -0.4 is 22.1 Å². The molecule has 0 aliphatic heterocycles. The highest BCUT2D eigenvalue weighted by Gasteiger charge is 2.13. The van der Waals surface area contributed by atoms with Gasteiger partial charge in [0.25, 0.3) is 0 Å². The lowest BCUT2D eigenvalue weighted by Crippen LogP contribution is -2.39. The largest absolute Gasteiger partial charge is 0.409 e. The van der Waals surface area contributed by atoms with Crippen LogP contribution in [0.25, 0.3) is 0 Å². The zero-order chi connectivity index (χ0) is 11.6. The summed E-state index contributed by atoms with van der Waals surface area (Å²) >= 11 is 0. The summed E-state index contributed by atoms with van der Waals surface area (Å²) in [5.74, 6) is 0. The molecule has 1 aromatic heterocycles. The Morgan fingerprint density at radius 1 is 1.40 bits per heavy atom. The Morgan fingerprint density at radius 3 is 2.53 bits per heavy atom. The zero-order valence-corrected chi connectivity index (χ0v) is 7.64. The predicted molar refractivity (Wildman–Crippen MR) is 48.9 cm³/mol. The van der Waals surface area contributed by atoms with Crippen molar-refractivity contribution >= 4 is 11.4 Å². The molecule has 0 radical (unpaired) electrons. The number of nitrogens with two attached hydrogens (primary N) is 1. The average molecular weight is 217 g/mol. The van der Waals surface area contributed by atoms with Gasteiger partial charge in [-0.15, -0.1) is 0 Å². The number of rotatable bonds is 3. The summed E-state index contributed by atoms with van der Waals surface area (Å²) in [6.07, 6.45) is 0. The maximum Gasteiger partial charge on any atom is 0.329 e. The van der Waals surface area contributed by atoms with Gasteiger partial charge in [0.15, 0.2) is 0 Å². The number of aromatic nitrogens is 2. The summed E-state index contributed by atoms with van der Waals surface area (Å²) in [6, 6.07) is 0. The Bertz CT molecular complexity index is 476. The van der Waals surface area contributed by atoms with Gasteiger partial charge in [-0.3, -0.25) is 10.2 Å². The molecule has 0 saturated heterocycles. The number of nitrogens with zero attached hydrogens (tertiary/aromatic N) is 2. The fourth-order valence-electron chi connectivity index (χ4n) is 0.983. The number of hydrogen-bond donors (Lipinski definition) is 6. The van der Waals surface area contributed by atoms with Gasteiger partial charge in [-0.25, -0.2) is 0 Å². The topological polar surface area (TPSA) is 150 Å². The van der Waals surface area contributed by atoms with E-state index in [0.29, 0.717) is 0 Å². The Hall–Kier alpha value is -2.16. The third-order valence-electron chi connectivity index (χ3n) is 1.71. The van der Waals surface area contributed by atoms with Gasteiger partial charge < -0.3 is 26.6 Å².